The number of hydrogen-bond acceptors (Lipinski definition) is 4. The minimum absolute atomic E-state index is 0.0228. The third-order valence-electron chi connectivity index (χ3n) is 3.34. The zero-order chi connectivity index (χ0) is 12.5. The van der Waals surface area contributed by atoms with Crippen LogP contribution in [0.2, 0.25) is 0 Å². The molecule has 2 heterocycles. The first-order chi connectivity index (χ1) is 8.77. The highest BCUT2D eigenvalue weighted by atomic mass is 16.1. The highest BCUT2D eigenvalue weighted by Gasteiger charge is 2.28. The molecule has 1 unspecified atom stereocenters. The Morgan fingerprint density at radius 2 is 2.28 bits per heavy atom. The first-order valence-electron chi connectivity index (χ1n) is 5.97. The van der Waals surface area contributed by atoms with Gasteiger partial charge in [0.05, 0.1) is 12.2 Å². The molecule has 1 aliphatic heterocycles. The Balaban J connectivity index is 2.00. The number of carbonyl (C=O) groups excluding carboxylic acids is 1. The fraction of sp³-hybridized carbons (Fsp3) is 0.308. The number of nitrogens with zero attached hydrogens (tertiary/aromatic N) is 3. The molecule has 1 atom stereocenters. The predicted octanol–water partition coefficient (Wildman–Crippen LogP) is 0.885. The van der Waals surface area contributed by atoms with Gasteiger partial charge in [-0.1, -0.05) is 29.5 Å². The van der Waals surface area contributed by atoms with Crippen molar-refractivity contribution in [3.63, 3.8) is 0 Å². The second-order valence-corrected chi connectivity index (χ2v) is 4.44. The van der Waals surface area contributed by atoms with E-state index in [9.17, 15) is 4.79 Å². The lowest BCUT2D eigenvalue weighted by atomic mass is 9.91. The van der Waals surface area contributed by atoms with Gasteiger partial charge in [-0.15, -0.1) is 5.10 Å². The second kappa shape index (κ2) is 4.34. The number of hydrogen-bond donors (Lipinski definition) is 1. The van der Waals surface area contributed by atoms with Gasteiger partial charge in [-0.25, -0.2) is 4.68 Å². The number of aromatic nitrogens is 3. The number of aryl methyl sites for hydroxylation is 1. The lowest BCUT2D eigenvalue weighted by molar-refractivity contribution is 0.0930. The van der Waals surface area contributed by atoms with E-state index in [1.165, 1.54) is 16.4 Å². The first-order valence-corrected chi connectivity index (χ1v) is 5.97. The number of nitrogens with one attached hydrogen (secondary N) is 1. The van der Waals surface area contributed by atoms with Crippen LogP contribution in [0.25, 0.3) is 0 Å². The van der Waals surface area contributed by atoms with E-state index in [0.717, 1.165) is 18.5 Å². The zero-order valence-electron chi connectivity index (χ0n) is 10.1. The van der Waals surface area contributed by atoms with E-state index in [1.54, 1.807) is 7.05 Å². The van der Waals surface area contributed by atoms with Crippen LogP contribution in [0.1, 0.15) is 27.7 Å². The van der Waals surface area contributed by atoms with Crippen LogP contribution in [-0.4, -0.2) is 27.3 Å². The molecule has 5 heteroatoms. The molecule has 0 fully saturated rings. The van der Waals surface area contributed by atoms with E-state index in [2.05, 4.69) is 21.7 Å². The first kappa shape index (κ1) is 11.1. The predicted molar refractivity (Wildman–Crippen MR) is 66.2 cm³/mol. The molecular formula is C13H14N4O. The Morgan fingerprint density at radius 1 is 1.44 bits per heavy atom. The summed E-state index contributed by atoms with van der Waals surface area (Å²) in [6.45, 7) is 0.818. The Labute approximate surface area is 105 Å². The number of benzene rings is 1. The van der Waals surface area contributed by atoms with E-state index in [-0.39, 0.29) is 11.8 Å². The van der Waals surface area contributed by atoms with Crippen molar-refractivity contribution in [3.05, 3.63) is 47.3 Å². The van der Waals surface area contributed by atoms with Gasteiger partial charge in [0.2, 0.25) is 5.78 Å². The van der Waals surface area contributed by atoms with Crippen LogP contribution in [0, 0.1) is 0 Å². The Hall–Kier alpha value is -2.01. The van der Waals surface area contributed by atoms with Gasteiger partial charge >= 0.3 is 0 Å². The molecule has 1 N–H and O–H groups in total. The molecule has 1 aliphatic rings. The maximum absolute atomic E-state index is 12.5. The smallest absolute Gasteiger partial charge is 0.203 e. The maximum atomic E-state index is 12.5. The second-order valence-electron chi connectivity index (χ2n) is 4.44. The third kappa shape index (κ3) is 1.73. The van der Waals surface area contributed by atoms with Crippen molar-refractivity contribution in [2.45, 2.75) is 12.5 Å². The van der Waals surface area contributed by atoms with Crippen LogP contribution in [0.15, 0.2) is 30.5 Å². The Bertz CT molecular complexity index is 590. The van der Waals surface area contributed by atoms with Crippen molar-refractivity contribution in [1.82, 2.24) is 20.3 Å². The SMILES string of the molecule is Cn1nncc1C(=O)C1NCCc2ccccc21. The molecule has 0 spiro atoms. The van der Waals surface area contributed by atoms with Crippen molar-refractivity contribution in [3.8, 4) is 0 Å². The number of ketones is 1. The summed E-state index contributed by atoms with van der Waals surface area (Å²) in [7, 11) is 1.73. The van der Waals surface area contributed by atoms with Crippen molar-refractivity contribution < 1.29 is 4.79 Å². The van der Waals surface area contributed by atoms with Crippen LogP contribution in [0.4, 0.5) is 0 Å². The van der Waals surface area contributed by atoms with E-state index < -0.39 is 0 Å². The number of carbonyl (C=O) groups is 1. The van der Waals surface area contributed by atoms with Gasteiger partial charge in [-0.3, -0.25) is 4.79 Å². The normalized spacial score (nSPS) is 18.4. The summed E-state index contributed by atoms with van der Waals surface area (Å²) in [5, 5.41) is 10.8. The molecule has 0 saturated carbocycles. The monoisotopic (exact) mass is 242 g/mol. The zero-order valence-corrected chi connectivity index (χ0v) is 10.1. The molecule has 0 saturated heterocycles. The topological polar surface area (TPSA) is 59.8 Å². The molecule has 18 heavy (non-hydrogen) atoms. The van der Waals surface area contributed by atoms with Crippen molar-refractivity contribution >= 4 is 5.78 Å². The minimum Gasteiger partial charge on any atom is -0.303 e. The van der Waals surface area contributed by atoms with E-state index in [1.807, 2.05) is 18.2 Å². The summed E-state index contributed by atoms with van der Waals surface area (Å²) < 4.78 is 1.52. The summed E-state index contributed by atoms with van der Waals surface area (Å²) >= 11 is 0. The average Bonchev–Trinajstić information content (AvgIpc) is 2.83. The highest BCUT2D eigenvalue weighted by molar-refractivity contribution is 5.99. The summed E-state index contributed by atoms with van der Waals surface area (Å²) in [4.78, 5) is 12.5. The van der Waals surface area contributed by atoms with Gasteiger partial charge < -0.3 is 5.32 Å². The average molecular weight is 242 g/mol. The van der Waals surface area contributed by atoms with Crippen LogP contribution >= 0.6 is 0 Å². The molecule has 1 aromatic heterocycles. The fourth-order valence-corrected chi connectivity index (χ4v) is 2.40. The van der Waals surface area contributed by atoms with Crippen molar-refractivity contribution in [1.29, 1.82) is 0 Å². The lowest BCUT2D eigenvalue weighted by Gasteiger charge is -2.25. The van der Waals surface area contributed by atoms with Crippen molar-refractivity contribution in [2.75, 3.05) is 6.54 Å². The van der Waals surface area contributed by atoms with E-state index in [0.29, 0.717) is 5.69 Å². The molecule has 0 aliphatic carbocycles. The van der Waals surface area contributed by atoms with E-state index in [4.69, 9.17) is 0 Å². The molecular weight excluding hydrogens is 228 g/mol. The van der Waals surface area contributed by atoms with Crippen LogP contribution in [0.3, 0.4) is 0 Å². The summed E-state index contributed by atoms with van der Waals surface area (Å²) in [6.07, 6.45) is 2.48. The van der Waals surface area contributed by atoms with Gasteiger partial charge in [-0.2, -0.15) is 0 Å². The van der Waals surface area contributed by atoms with Gasteiger partial charge in [0, 0.05) is 13.6 Å². The molecule has 0 radical (unpaired) electrons. The van der Waals surface area contributed by atoms with Crippen molar-refractivity contribution in [2.24, 2.45) is 7.05 Å². The van der Waals surface area contributed by atoms with Gasteiger partial charge in [-0.05, 0) is 17.5 Å². The number of fused-ring (bicyclic) bond motifs is 1. The molecule has 92 valence electrons. The molecule has 0 bridgehead atoms. The maximum Gasteiger partial charge on any atom is 0.203 e. The third-order valence-corrected chi connectivity index (χ3v) is 3.34. The quantitative estimate of drug-likeness (QED) is 0.794. The number of Topliss-reactive ketones (excluding diaryl/α,β-unsaturated/α-hetero) is 1. The Morgan fingerprint density at radius 3 is 3.06 bits per heavy atom. The molecule has 0 amide bonds. The van der Waals surface area contributed by atoms with Crippen LogP contribution in [0.5, 0.6) is 0 Å². The summed E-state index contributed by atoms with van der Waals surface area (Å²) in [5.74, 6) is 0.0228. The summed E-state index contributed by atoms with van der Waals surface area (Å²) in [5.41, 5.74) is 2.84. The largest absolute Gasteiger partial charge is 0.303 e. The molecule has 5 nitrogen and oxygen atoms in total. The molecule has 2 aromatic rings. The summed E-state index contributed by atoms with van der Waals surface area (Å²) in [6, 6.07) is 7.78. The van der Waals surface area contributed by atoms with Gasteiger partial charge in [0.1, 0.15) is 5.69 Å². The highest BCUT2D eigenvalue weighted by Crippen LogP contribution is 2.25. The van der Waals surface area contributed by atoms with Gasteiger partial charge in [0.25, 0.3) is 0 Å². The van der Waals surface area contributed by atoms with Crippen LogP contribution in [-0.2, 0) is 13.5 Å². The Kier molecular flexibility index (Phi) is 2.68. The molecule has 3 rings (SSSR count). The van der Waals surface area contributed by atoms with Gasteiger partial charge in [0.15, 0.2) is 0 Å². The fourth-order valence-electron chi connectivity index (χ4n) is 2.40. The standard InChI is InChI=1S/C13H14N4O/c1-17-11(8-15-16-17)13(18)12-10-5-3-2-4-9(10)6-7-14-12/h2-5,8,12,14H,6-7H2,1H3. The lowest BCUT2D eigenvalue weighted by Crippen LogP contribution is -2.35. The molecule has 1 aromatic carbocycles. The van der Waals surface area contributed by atoms with Crippen LogP contribution < -0.4 is 5.32 Å². The minimum atomic E-state index is -0.285. The number of rotatable bonds is 2. The van der Waals surface area contributed by atoms with E-state index >= 15 is 0 Å².